The maximum Gasteiger partial charge on any atom is 0.279 e. The highest BCUT2D eigenvalue weighted by Crippen LogP contribution is 2.30. The van der Waals surface area contributed by atoms with Gasteiger partial charge in [-0.25, -0.2) is 4.98 Å². The highest BCUT2D eigenvalue weighted by Gasteiger charge is 2.28. The van der Waals surface area contributed by atoms with E-state index in [1.54, 1.807) is 17.4 Å². The molecule has 0 bridgehead atoms. The maximum absolute atomic E-state index is 12.5. The smallest absolute Gasteiger partial charge is 0.279 e. The molecule has 1 aliphatic heterocycles. The summed E-state index contributed by atoms with van der Waals surface area (Å²) >= 11 is 7.78. The lowest BCUT2D eigenvalue weighted by Gasteiger charge is -2.28. The van der Waals surface area contributed by atoms with Crippen molar-refractivity contribution in [3.63, 3.8) is 0 Å². The first kappa shape index (κ1) is 18.4. The van der Waals surface area contributed by atoms with E-state index >= 15 is 0 Å². The molecule has 140 valence electrons. The zero-order valence-electron chi connectivity index (χ0n) is 15.3. The number of quaternary nitrogens is 1. The van der Waals surface area contributed by atoms with E-state index in [-0.39, 0.29) is 5.91 Å². The van der Waals surface area contributed by atoms with Crippen LogP contribution >= 0.6 is 22.9 Å². The van der Waals surface area contributed by atoms with E-state index in [2.05, 4.69) is 23.5 Å². The molecule has 1 unspecified atom stereocenters. The van der Waals surface area contributed by atoms with Gasteiger partial charge in [0.25, 0.3) is 5.91 Å². The van der Waals surface area contributed by atoms with Gasteiger partial charge in [0.15, 0.2) is 6.54 Å². The van der Waals surface area contributed by atoms with E-state index in [1.165, 1.54) is 14.6 Å². The van der Waals surface area contributed by atoms with Gasteiger partial charge in [-0.05, 0) is 55.7 Å². The number of thiazole rings is 1. The van der Waals surface area contributed by atoms with Crippen LogP contribution in [0.15, 0.2) is 42.5 Å². The maximum atomic E-state index is 12.5. The van der Waals surface area contributed by atoms with Crippen LogP contribution in [-0.4, -0.2) is 30.5 Å². The summed E-state index contributed by atoms with van der Waals surface area (Å²) < 4.78 is 1.25. The number of aryl methyl sites for hydroxylation is 1. The largest absolute Gasteiger partial charge is 0.327 e. The molecule has 2 atom stereocenters. The van der Waals surface area contributed by atoms with Gasteiger partial charge < -0.3 is 10.2 Å². The number of likely N-dealkylation sites (tertiary alicyclic amines) is 1. The summed E-state index contributed by atoms with van der Waals surface area (Å²) in [6.45, 7) is 4.45. The summed E-state index contributed by atoms with van der Waals surface area (Å²) in [6.07, 6.45) is 2.28. The third-order valence-corrected chi connectivity index (χ3v) is 6.58. The Bertz CT molecular complexity index is 938. The van der Waals surface area contributed by atoms with Crippen molar-refractivity contribution in [1.29, 1.82) is 0 Å². The van der Waals surface area contributed by atoms with Crippen LogP contribution in [0.5, 0.6) is 0 Å². The molecule has 1 aliphatic rings. The van der Waals surface area contributed by atoms with E-state index in [4.69, 9.17) is 16.6 Å². The summed E-state index contributed by atoms with van der Waals surface area (Å²) in [6, 6.07) is 13.8. The van der Waals surface area contributed by atoms with Gasteiger partial charge in [-0.15, -0.1) is 11.3 Å². The van der Waals surface area contributed by atoms with Gasteiger partial charge >= 0.3 is 0 Å². The number of nitrogens with zero attached hydrogens (tertiary/aromatic N) is 1. The minimum atomic E-state index is 0.0559. The monoisotopic (exact) mass is 400 g/mol. The van der Waals surface area contributed by atoms with Crippen LogP contribution in [0.25, 0.3) is 10.2 Å². The van der Waals surface area contributed by atoms with Crippen molar-refractivity contribution in [3.8, 4) is 0 Å². The predicted molar refractivity (Wildman–Crippen MR) is 112 cm³/mol. The van der Waals surface area contributed by atoms with Crippen molar-refractivity contribution >= 4 is 44.7 Å². The van der Waals surface area contributed by atoms with Crippen molar-refractivity contribution < 1.29 is 9.69 Å². The van der Waals surface area contributed by atoms with E-state index in [9.17, 15) is 4.79 Å². The number of para-hydroxylation sites is 1. The second-order valence-electron chi connectivity index (χ2n) is 7.25. The van der Waals surface area contributed by atoms with Gasteiger partial charge in [0, 0.05) is 10.7 Å². The molecular formula is C21H23ClN3OS+. The van der Waals surface area contributed by atoms with E-state index in [0.717, 1.165) is 42.7 Å². The third kappa shape index (κ3) is 4.32. The Kier molecular flexibility index (Phi) is 5.43. The Labute approximate surface area is 168 Å². The first-order chi connectivity index (χ1) is 13.1. The minimum absolute atomic E-state index is 0.0559. The van der Waals surface area contributed by atoms with Gasteiger partial charge in [0.1, 0.15) is 5.01 Å². The number of piperidine rings is 1. The number of amides is 1. The Morgan fingerprint density at radius 2 is 2.19 bits per heavy atom. The number of aromatic nitrogens is 1. The van der Waals surface area contributed by atoms with Crippen LogP contribution in [-0.2, 0) is 4.79 Å². The number of hydrogen-bond acceptors (Lipinski definition) is 3. The lowest BCUT2D eigenvalue weighted by Crippen LogP contribution is -3.14. The molecule has 1 saturated heterocycles. The molecule has 6 heteroatoms. The summed E-state index contributed by atoms with van der Waals surface area (Å²) in [7, 11) is 0. The Morgan fingerprint density at radius 1 is 1.33 bits per heavy atom. The number of benzene rings is 2. The van der Waals surface area contributed by atoms with Gasteiger partial charge in [-0.2, -0.15) is 0 Å². The molecule has 2 aromatic carbocycles. The number of anilines is 1. The van der Waals surface area contributed by atoms with Gasteiger partial charge in [-0.1, -0.05) is 23.7 Å². The standard InChI is InChI=1S/C21H22ClN3OS/c1-14-11-16(22)8-9-17(14)23-20(26)13-25-10-4-5-15(12-25)21-24-18-6-2-3-7-19(18)27-21/h2-3,6-9,11,15H,4-5,10,12-13H2,1H3,(H,23,26)/p+1/t15-/m0/s1. The zero-order valence-corrected chi connectivity index (χ0v) is 16.9. The molecule has 0 radical (unpaired) electrons. The zero-order chi connectivity index (χ0) is 18.8. The fraction of sp³-hybridized carbons (Fsp3) is 0.333. The SMILES string of the molecule is Cc1cc(Cl)ccc1NC(=O)C[NH+]1CCC[C@H](c2nc3ccccc3s2)C1. The number of carbonyl (C=O) groups is 1. The molecule has 0 aliphatic carbocycles. The second kappa shape index (κ2) is 7.97. The molecule has 1 amide bonds. The number of rotatable bonds is 4. The average Bonchev–Trinajstić information content (AvgIpc) is 3.08. The number of halogens is 1. The van der Waals surface area contributed by atoms with Crippen molar-refractivity contribution in [1.82, 2.24) is 4.98 Å². The van der Waals surface area contributed by atoms with E-state index in [1.807, 2.05) is 25.1 Å². The molecule has 1 aromatic heterocycles. The van der Waals surface area contributed by atoms with E-state index < -0.39 is 0 Å². The van der Waals surface area contributed by atoms with Crippen molar-refractivity contribution in [3.05, 3.63) is 58.1 Å². The summed E-state index contributed by atoms with van der Waals surface area (Å²) in [5.74, 6) is 0.497. The number of nitrogens with one attached hydrogen (secondary N) is 2. The van der Waals surface area contributed by atoms with Crippen molar-refractivity contribution in [2.75, 3.05) is 25.0 Å². The summed E-state index contributed by atoms with van der Waals surface area (Å²) in [5.41, 5.74) is 2.90. The third-order valence-electron chi connectivity index (χ3n) is 5.15. The molecule has 2 N–H and O–H groups in total. The molecule has 3 aromatic rings. The van der Waals surface area contributed by atoms with Crippen LogP contribution in [0, 0.1) is 6.92 Å². The predicted octanol–water partition coefficient (Wildman–Crippen LogP) is 3.66. The summed E-state index contributed by atoms with van der Waals surface area (Å²) in [4.78, 5) is 18.7. The van der Waals surface area contributed by atoms with Crippen LogP contribution in [0.4, 0.5) is 5.69 Å². The first-order valence-corrected chi connectivity index (χ1v) is 10.5. The normalized spacial score (nSPS) is 19.9. The highest BCUT2D eigenvalue weighted by molar-refractivity contribution is 7.18. The van der Waals surface area contributed by atoms with Gasteiger partial charge in [-0.3, -0.25) is 4.79 Å². The van der Waals surface area contributed by atoms with Crippen LogP contribution in [0.3, 0.4) is 0 Å². The quantitative estimate of drug-likeness (QED) is 0.702. The fourth-order valence-corrected chi connectivity index (χ4v) is 5.10. The molecule has 0 spiro atoms. The lowest BCUT2D eigenvalue weighted by atomic mass is 9.99. The Morgan fingerprint density at radius 3 is 3.00 bits per heavy atom. The number of carbonyl (C=O) groups excluding carboxylic acids is 1. The fourth-order valence-electron chi connectivity index (χ4n) is 3.78. The number of fused-ring (bicyclic) bond motifs is 1. The Balaban J connectivity index is 1.40. The van der Waals surface area contributed by atoms with Crippen LogP contribution in [0.2, 0.25) is 5.02 Å². The van der Waals surface area contributed by atoms with Crippen LogP contribution in [0.1, 0.15) is 29.3 Å². The van der Waals surface area contributed by atoms with E-state index in [0.29, 0.717) is 17.5 Å². The lowest BCUT2D eigenvalue weighted by molar-refractivity contribution is -0.898. The molecule has 1 fully saturated rings. The molecule has 0 saturated carbocycles. The number of hydrogen-bond donors (Lipinski definition) is 2. The molecule has 27 heavy (non-hydrogen) atoms. The first-order valence-electron chi connectivity index (χ1n) is 9.33. The summed E-state index contributed by atoms with van der Waals surface area (Å²) in [5, 5.41) is 4.93. The highest BCUT2D eigenvalue weighted by atomic mass is 35.5. The van der Waals surface area contributed by atoms with Crippen molar-refractivity contribution in [2.24, 2.45) is 0 Å². The minimum Gasteiger partial charge on any atom is -0.327 e. The Hall–Kier alpha value is -1.95. The topological polar surface area (TPSA) is 46.4 Å². The van der Waals surface area contributed by atoms with Crippen LogP contribution < -0.4 is 10.2 Å². The average molecular weight is 401 g/mol. The second-order valence-corrected chi connectivity index (χ2v) is 8.75. The van der Waals surface area contributed by atoms with Crippen molar-refractivity contribution in [2.45, 2.75) is 25.7 Å². The molecular weight excluding hydrogens is 378 g/mol. The molecule has 4 rings (SSSR count). The van der Waals surface area contributed by atoms with Gasteiger partial charge in [0.2, 0.25) is 0 Å². The van der Waals surface area contributed by atoms with Gasteiger partial charge in [0.05, 0.1) is 29.2 Å². The molecule has 2 heterocycles. The molecule has 4 nitrogen and oxygen atoms in total.